The van der Waals surface area contributed by atoms with Gasteiger partial charge in [-0.1, -0.05) is 141 Å². The molecule has 0 aromatic heterocycles. The monoisotopic (exact) mass is 502 g/mol. The maximum absolute atomic E-state index is 12.4. The lowest BCUT2D eigenvalue weighted by atomic mass is 10.0. The zero-order chi connectivity index (χ0) is 26.1. The van der Waals surface area contributed by atoms with Crippen LogP contribution in [0.1, 0.15) is 161 Å². The van der Waals surface area contributed by atoms with E-state index in [0.29, 0.717) is 6.42 Å². The highest BCUT2D eigenvalue weighted by Gasteiger charge is 2.09. The standard InChI is InChI=1S/C33H58O3/c1-3-5-6-7-14-17-20-25-30-26-23-24-28-32(30)36-33(35)29-22-19-16-13-11-9-8-10-12-15-18-21-27-31(34)4-2/h23-24,26,28,31,34H,3-22,25,27,29H2,1-2H3. The minimum Gasteiger partial charge on any atom is -0.426 e. The number of aliphatic hydroxyl groups excluding tert-OH is 1. The number of hydrogen-bond acceptors (Lipinski definition) is 3. The van der Waals surface area contributed by atoms with Gasteiger partial charge < -0.3 is 9.84 Å². The molecule has 0 aliphatic rings. The Morgan fingerprint density at radius 1 is 0.694 bits per heavy atom. The van der Waals surface area contributed by atoms with Gasteiger partial charge in [-0.15, -0.1) is 0 Å². The Hall–Kier alpha value is -1.35. The van der Waals surface area contributed by atoms with E-state index in [9.17, 15) is 9.90 Å². The Kier molecular flexibility index (Phi) is 21.8. The minimum absolute atomic E-state index is 0.0776. The molecule has 1 aromatic carbocycles. The molecule has 0 aliphatic carbocycles. The normalized spacial score (nSPS) is 12.1. The highest BCUT2D eigenvalue weighted by Crippen LogP contribution is 2.22. The third kappa shape index (κ3) is 18.9. The summed E-state index contributed by atoms with van der Waals surface area (Å²) in [5.41, 5.74) is 1.18. The molecule has 0 spiro atoms. The molecule has 3 nitrogen and oxygen atoms in total. The van der Waals surface area contributed by atoms with Gasteiger partial charge in [-0.2, -0.15) is 0 Å². The van der Waals surface area contributed by atoms with E-state index in [-0.39, 0.29) is 12.1 Å². The minimum atomic E-state index is -0.0862. The first kappa shape index (κ1) is 32.7. The molecular weight excluding hydrogens is 444 g/mol. The van der Waals surface area contributed by atoms with Crippen LogP contribution < -0.4 is 4.74 Å². The van der Waals surface area contributed by atoms with Crippen LogP contribution >= 0.6 is 0 Å². The lowest BCUT2D eigenvalue weighted by Gasteiger charge is -2.10. The van der Waals surface area contributed by atoms with Crippen molar-refractivity contribution < 1.29 is 14.6 Å². The lowest BCUT2D eigenvalue weighted by Crippen LogP contribution is -2.09. The second kappa shape index (κ2) is 24.0. The first-order valence-electron chi connectivity index (χ1n) is 15.6. The van der Waals surface area contributed by atoms with Gasteiger partial charge in [0, 0.05) is 6.42 Å². The zero-order valence-electron chi connectivity index (χ0n) is 23.9. The summed E-state index contributed by atoms with van der Waals surface area (Å²) in [5, 5.41) is 9.57. The van der Waals surface area contributed by atoms with E-state index in [1.54, 1.807) is 0 Å². The van der Waals surface area contributed by atoms with Crippen molar-refractivity contribution in [2.45, 2.75) is 168 Å². The van der Waals surface area contributed by atoms with Gasteiger partial charge in [0.05, 0.1) is 6.10 Å². The van der Waals surface area contributed by atoms with Gasteiger partial charge in [-0.3, -0.25) is 4.79 Å². The van der Waals surface area contributed by atoms with E-state index in [1.807, 2.05) is 12.1 Å². The van der Waals surface area contributed by atoms with Crippen LogP contribution in [0.2, 0.25) is 0 Å². The Morgan fingerprint density at radius 2 is 1.19 bits per heavy atom. The van der Waals surface area contributed by atoms with Crippen LogP contribution in [0.25, 0.3) is 0 Å². The smallest absolute Gasteiger partial charge is 0.311 e. The van der Waals surface area contributed by atoms with E-state index in [1.165, 1.54) is 115 Å². The Balaban J connectivity index is 1.99. The van der Waals surface area contributed by atoms with E-state index in [0.717, 1.165) is 37.9 Å². The predicted molar refractivity (Wildman–Crippen MR) is 155 cm³/mol. The predicted octanol–water partition coefficient (Wildman–Crippen LogP) is 10.1. The summed E-state index contributed by atoms with van der Waals surface area (Å²) in [6, 6.07) is 8.08. The fourth-order valence-corrected chi connectivity index (χ4v) is 4.88. The van der Waals surface area contributed by atoms with E-state index in [4.69, 9.17) is 4.74 Å². The van der Waals surface area contributed by atoms with Crippen molar-refractivity contribution >= 4 is 5.97 Å². The van der Waals surface area contributed by atoms with Crippen LogP contribution in [0, 0.1) is 0 Å². The molecule has 1 unspecified atom stereocenters. The van der Waals surface area contributed by atoms with Crippen LogP contribution in [0.15, 0.2) is 24.3 Å². The maximum atomic E-state index is 12.4. The number of hydrogen-bond donors (Lipinski definition) is 1. The summed E-state index contributed by atoms with van der Waals surface area (Å²) in [4.78, 5) is 12.4. The third-order valence-corrected chi connectivity index (χ3v) is 7.39. The number of ether oxygens (including phenoxy) is 1. The molecule has 3 heteroatoms. The summed E-state index contributed by atoms with van der Waals surface area (Å²) < 4.78 is 5.73. The first-order valence-corrected chi connectivity index (χ1v) is 15.6. The van der Waals surface area contributed by atoms with Crippen molar-refractivity contribution in [1.82, 2.24) is 0 Å². The van der Waals surface area contributed by atoms with E-state index < -0.39 is 0 Å². The number of unbranched alkanes of at least 4 members (excludes halogenated alkanes) is 17. The molecule has 0 amide bonds. The average molecular weight is 503 g/mol. The van der Waals surface area contributed by atoms with Crippen LogP contribution in [0.5, 0.6) is 5.75 Å². The first-order chi connectivity index (χ1) is 17.7. The van der Waals surface area contributed by atoms with Crippen molar-refractivity contribution in [3.63, 3.8) is 0 Å². The highest BCUT2D eigenvalue weighted by atomic mass is 16.5. The molecular formula is C33H58O3. The molecule has 0 heterocycles. The van der Waals surface area contributed by atoms with Crippen LogP contribution in [0.3, 0.4) is 0 Å². The van der Waals surface area contributed by atoms with Gasteiger partial charge in [0.1, 0.15) is 5.75 Å². The number of rotatable bonds is 25. The second-order valence-corrected chi connectivity index (χ2v) is 10.8. The molecule has 0 saturated carbocycles. The molecule has 0 bridgehead atoms. The number of para-hydroxylation sites is 1. The van der Waals surface area contributed by atoms with Gasteiger partial charge in [0.15, 0.2) is 0 Å². The van der Waals surface area contributed by atoms with Crippen molar-refractivity contribution in [1.29, 1.82) is 0 Å². The molecule has 208 valence electrons. The van der Waals surface area contributed by atoms with Gasteiger partial charge >= 0.3 is 5.97 Å². The quantitative estimate of drug-likeness (QED) is 0.0821. The van der Waals surface area contributed by atoms with Crippen LogP contribution in [-0.4, -0.2) is 17.2 Å². The van der Waals surface area contributed by atoms with E-state index in [2.05, 4.69) is 26.0 Å². The fraction of sp³-hybridized carbons (Fsp3) is 0.788. The number of aryl methyl sites for hydroxylation is 1. The summed E-state index contributed by atoms with van der Waals surface area (Å²) in [7, 11) is 0. The largest absolute Gasteiger partial charge is 0.426 e. The summed E-state index contributed by atoms with van der Waals surface area (Å²) in [6.07, 6.45) is 27.4. The molecule has 0 aliphatic heterocycles. The molecule has 0 radical (unpaired) electrons. The van der Waals surface area contributed by atoms with Crippen molar-refractivity contribution in [3.05, 3.63) is 29.8 Å². The highest BCUT2D eigenvalue weighted by molar-refractivity contribution is 5.72. The molecule has 1 atom stereocenters. The van der Waals surface area contributed by atoms with Gasteiger partial charge in [-0.05, 0) is 43.7 Å². The van der Waals surface area contributed by atoms with Gasteiger partial charge in [0.25, 0.3) is 0 Å². The molecule has 1 N–H and O–H groups in total. The average Bonchev–Trinajstić information content (AvgIpc) is 2.89. The summed E-state index contributed by atoms with van der Waals surface area (Å²) in [6.45, 7) is 4.31. The van der Waals surface area contributed by atoms with Crippen molar-refractivity contribution in [2.75, 3.05) is 0 Å². The lowest BCUT2D eigenvalue weighted by molar-refractivity contribution is -0.134. The zero-order valence-corrected chi connectivity index (χ0v) is 23.9. The van der Waals surface area contributed by atoms with Crippen molar-refractivity contribution in [2.24, 2.45) is 0 Å². The third-order valence-electron chi connectivity index (χ3n) is 7.39. The molecule has 1 aromatic rings. The number of aliphatic hydroxyl groups is 1. The van der Waals surface area contributed by atoms with Crippen LogP contribution in [0.4, 0.5) is 0 Å². The Morgan fingerprint density at radius 3 is 1.78 bits per heavy atom. The SMILES string of the molecule is CCCCCCCCCc1ccccc1OC(=O)CCCCCCCCCCCCCCC(O)CC. The number of benzene rings is 1. The van der Waals surface area contributed by atoms with Gasteiger partial charge in [-0.25, -0.2) is 0 Å². The van der Waals surface area contributed by atoms with E-state index >= 15 is 0 Å². The maximum Gasteiger partial charge on any atom is 0.311 e. The molecule has 1 rings (SSSR count). The van der Waals surface area contributed by atoms with Crippen molar-refractivity contribution in [3.8, 4) is 5.75 Å². The summed E-state index contributed by atoms with van der Waals surface area (Å²) >= 11 is 0. The van der Waals surface area contributed by atoms with Gasteiger partial charge in [0.2, 0.25) is 0 Å². The Labute approximate surface area is 223 Å². The molecule has 36 heavy (non-hydrogen) atoms. The molecule has 0 saturated heterocycles. The number of esters is 1. The van der Waals surface area contributed by atoms with Crippen LogP contribution in [-0.2, 0) is 11.2 Å². The Bertz CT molecular complexity index is 627. The topological polar surface area (TPSA) is 46.5 Å². The fourth-order valence-electron chi connectivity index (χ4n) is 4.88. The number of carbonyl (C=O) groups excluding carboxylic acids is 1. The number of carbonyl (C=O) groups is 1. The molecule has 0 fully saturated rings. The second-order valence-electron chi connectivity index (χ2n) is 10.8. The summed E-state index contributed by atoms with van der Waals surface area (Å²) in [5.74, 6) is 0.693.